The lowest BCUT2D eigenvalue weighted by Gasteiger charge is -2.10. The second-order valence-corrected chi connectivity index (χ2v) is 5.05. The summed E-state index contributed by atoms with van der Waals surface area (Å²) in [6, 6.07) is 11.6. The number of para-hydroxylation sites is 1. The molecule has 0 radical (unpaired) electrons. The van der Waals surface area contributed by atoms with E-state index in [0.29, 0.717) is 5.75 Å². The van der Waals surface area contributed by atoms with E-state index in [2.05, 4.69) is 10.9 Å². The van der Waals surface area contributed by atoms with E-state index in [1.807, 2.05) is 26.0 Å². The van der Waals surface area contributed by atoms with Crippen LogP contribution in [0, 0.1) is 13.8 Å². The molecule has 0 aliphatic rings. The third kappa shape index (κ3) is 4.47. The van der Waals surface area contributed by atoms with Crippen LogP contribution >= 0.6 is 0 Å². The lowest BCUT2D eigenvalue weighted by molar-refractivity contribution is -0.123. The van der Waals surface area contributed by atoms with Gasteiger partial charge in [-0.05, 0) is 49.2 Å². The molecule has 2 rings (SSSR count). The van der Waals surface area contributed by atoms with Crippen molar-refractivity contribution in [1.82, 2.24) is 10.9 Å². The van der Waals surface area contributed by atoms with Crippen LogP contribution in [0.15, 0.2) is 42.5 Å². The maximum absolute atomic E-state index is 11.8. The van der Waals surface area contributed by atoms with Gasteiger partial charge < -0.3 is 9.84 Å². The molecule has 23 heavy (non-hydrogen) atoms. The van der Waals surface area contributed by atoms with Gasteiger partial charge in [-0.15, -0.1) is 0 Å². The monoisotopic (exact) mass is 314 g/mol. The van der Waals surface area contributed by atoms with Gasteiger partial charge in [-0.2, -0.15) is 0 Å². The number of phenolic OH excluding ortho intramolecular Hbond substituents is 1. The van der Waals surface area contributed by atoms with Gasteiger partial charge in [-0.3, -0.25) is 20.4 Å². The van der Waals surface area contributed by atoms with Crippen LogP contribution in [0.3, 0.4) is 0 Å². The average Bonchev–Trinajstić information content (AvgIpc) is 2.54. The van der Waals surface area contributed by atoms with E-state index in [9.17, 15) is 14.7 Å². The zero-order valence-corrected chi connectivity index (χ0v) is 12.9. The van der Waals surface area contributed by atoms with Crippen molar-refractivity contribution in [2.24, 2.45) is 0 Å². The minimum absolute atomic E-state index is 0.0721. The number of nitrogens with one attached hydrogen (secondary N) is 2. The Morgan fingerprint density at radius 2 is 1.78 bits per heavy atom. The van der Waals surface area contributed by atoms with Gasteiger partial charge in [0, 0.05) is 0 Å². The fourth-order valence-electron chi connectivity index (χ4n) is 1.85. The van der Waals surface area contributed by atoms with Crippen LogP contribution in [0.1, 0.15) is 21.5 Å². The predicted molar refractivity (Wildman–Crippen MR) is 85.1 cm³/mol. The third-order valence-corrected chi connectivity index (χ3v) is 3.31. The highest BCUT2D eigenvalue weighted by molar-refractivity contribution is 5.97. The molecular formula is C17H18N2O4. The van der Waals surface area contributed by atoms with Gasteiger partial charge in [0.05, 0.1) is 5.56 Å². The Morgan fingerprint density at radius 3 is 2.48 bits per heavy atom. The summed E-state index contributed by atoms with van der Waals surface area (Å²) in [5, 5.41) is 9.55. The van der Waals surface area contributed by atoms with Crippen molar-refractivity contribution in [2.45, 2.75) is 13.8 Å². The summed E-state index contributed by atoms with van der Waals surface area (Å²) in [6.45, 7) is 3.71. The maximum atomic E-state index is 11.8. The van der Waals surface area contributed by atoms with Crippen LogP contribution in [0.5, 0.6) is 11.5 Å². The van der Waals surface area contributed by atoms with Crippen molar-refractivity contribution in [3.05, 3.63) is 59.2 Å². The van der Waals surface area contributed by atoms with Gasteiger partial charge in [0.15, 0.2) is 6.61 Å². The van der Waals surface area contributed by atoms with Crippen LogP contribution in [0.25, 0.3) is 0 Å². The lowest BCUT2D eigenvalue weighted by Crippen LogP contribution is -2.43. The summed E-state index contributed by atoms with van der Waals surface area (Å²) in [4.78, 5) is 23.5. The average molecular weight is 314 g/mol. The van der Waals surface area contributed by atoms with Crippen molar-refractivity contribution < 1.29 is 19.4 Å². The van der Waals surface area contributed by atoms with Crippen molar-refractivity contribution >= 4 is 11.8 Å². The summed E-state index contributed by atoms with van der Waals surface area (Å²) in [5.41, 5.74) is 6.72. The van der Waals surface area contributed by atoms with Crippen molar-refractivity contribution in [3.63, 3.8) is 0 Å². The number of hydrogen-bond acceptors (Lipinski definition) is 4. The SMILES string of the molecule is Cc1ccc(OCC(=O)NNC(=O)c2ccccc2O)cc1C. The van der Waals surface area contributed by atoms with Gasteiger partial charge in [-0.1, -0.05) is 18.2 Å². The molecule has 0 aliphatic carbocycles. The molecule has 0 saturated heterocycles. The van der Waals surface area contributed by atoms with E-state index >= 15 is 0 Å². The molecular weight excluding hydrogens is 296 g/mol. The van der Waals surface area contributed by atoms with E-state index in [1.165, 1.54) is 12.1 Å². The molecule has 0 aromatic heterocycles. The van der Waals surface area contributed by atoms with E-state index in [1.54, 1.807) is 18.2 Å². The number of phenols is 1. The first-order valence-electron chi connectivity index (χ1n) is 7.04. The van der Waals surface area contributed by atoms with E-state index in [0.717, 1.165) is 11.1 Å². The largest absolute Gasteiger partial charge is 0.507 e. The predicted octanol–water partition coefficient (Wildman–Crippen LogP) is 1.85. The van der Waals surface area contributed by atoms with Gasteiger partial charge in [0.1, 0.15) is 11.5 Å². The third-order valence-electron chi connectivity index (χ3n) is 3.31. The Bertz CT molecular complexity index is 728. The lowest BCUT2D eigenvalue weighted by atomic mass is 10.1. The molecule has 0 atom stereocenters. The van der Waals surface area contributed by atoms with Crippen molar-refractivity contribution in [3.8, 4) is 11.5 Å². The second-order valence-electron chi connectivity index (χ2n) is 5.05. The number of benzene rings is 2. The molecule has 6 heteroatoms. The molecule has 6 nitrogen and oxygen atoms in total. The van der Waals surface area contributed by atoms with Gasteiger partial charge in [0.2, 0.25) is 0 Å². The van der Waals surface area contributed by atoms with Crippen LogP contribution in [0.4, 0.5) is 0 Å². The number of aryl methyl sites for hydroxylation is 2. The quantitative estimate of drug-likeness (QED) is 0.752. The summed E-state index contributed by atoms with van der Waals surface area (Å²) in [7, 11) is 0. The minimum Gasteiger partial charge on any atom is -0.507 e. The molecule has 0 unspecified atom stereocenters. The molecule has 0 spiro atoms. The molecule has 0 aliphatic heterocycles. The normalized spacial score (nSPS) is 10.0. The Kier molecular flexibility index (Phi) is 5.19. The zero-order chi connectivity index (χ0) is 16.8. The van der Waals surface area contributed by atoms with Crippen LogP contribution in [0.2, 0.25) is 0 Å². The van der Waals surface area contributed by atoms with Gasteiger partial charge in [-0.25, -0.2) is 0 Å². The molecule has 0 heterocycles. The first-order chi connectivity index (χ1) is 11.0. The molecule has 2 aromatic rings. The fraction of sp³-hybridized carbons (Fsp3) is 0.176. The topological polar surface area (TPSA) is 87.7 Å². The Labute approximate surface area is 134 Å². The van der Waals surface area contributed by atoms with E-state index in [4.69, 9.17) is 4.74 Å². The van der Waals surface area contributed by atoms with Gasteiger partial charge >= 0.3 is 0 Å². The number of aromatic hydroxyl groups is 1. The highest BCUT2D eigenvalue weighted by Crippen LogP contribution is 2.16. The van der Waals surface area contributed by atoms with E-state index < -0.39 is 11.8 Å². The number of hydrogen-bond donors (Lipinski definition) is 3. The summed E-state index contributed by atoms with van der Waals surface area (Å²) in [6.07, 6.45) is 0. The number of amides is 2. The van der Waals surface area contributed by atoms with E-state index in [-0.39, 0.29) is 17.9 Å². The number of carbonyl (C=O) groups is 2. The summed E-state index contributed by atoms with van der Waals surface area (Å²) >= 11 is 0. The number of carbonyl (C=O) groups excluding carboxylic acids is 2. The zero-order valence-electron chi connectivity index (χ0n) is 12.9. The molecule has 0 saturated carbocycles. The first-order valence-corrected chi connectivity index (χ1v) is 7.04. The van der Waals surface area contributed by atoms with Crippen LogP contribution in [-0.4, -0.2) is 23.5 Å². The highest BCUT2D eigenvalue weighted by Gasteiger charge is 2.11. The highest BCUT2D eigenvalue weighted by atomic mass is 16.5. The Balaban J connectivity index is 1.82. The Morgan fingerprint density at radius 1 is 1.04 bits per heavy atom. The molecule has 0 bridgehead atoms. The fourth-order valence-corrected chi connectivity index (χ4v) is 1.85. The molecule has 120 valence electrons. The smallest absolute Gasteiger partial charge is 0.276 e. The number of hydrazine groups is 1. The van der Waals surface area contributed by atoms with Crippen molar-refractivity contribution in [2.75, 3.05) is 6.61 Å². The summed E-state index contributed by atoms with van der Waals surface area (Å²) < 4.78 is 5.35. The number of ether oxygens (including phenoxy) is 1. The summed E-state index contributed by atoms with van der Waals surface area (Å²) in [5.74, 6) is -0.699. The molecule has 0 fully saturated rings. The van der Waals surface area contributed by atoms with Crippen LogP contribution < -0.4 is 15.6 Å². The Hall–Kier alpha value is -3.02. The number of rotatable bonds is 4. The maximum Gasteiger partial charge on any atom is 0.276 e. The van der Waals surface area contributed by atoms with Gasteiger partial charge in [0.25, 0.3) is 11.8 Å². The van der Waals surface area contributed by atoms with Crippen LogP contribution in [-0.2, 0) is 4.79 Å². The second kappa shape index (κ2) is 7.31. The molecule has 3 N–H and O–H groups in total. The standard InChI is InChI=1S/C17H18N2O4/c1-11-7-8-13(9-12(11)2)23-10-16(21)18-19-17(22)14-5-3-4-6-15(14)20/h3-9,20H,10H2,1-2H3,(H,18,21)(H,19,22). The first kappa shape index (κ1) is 16.4. The minimum atomic E-state index is -0.609. The molecule has 2 amide bonds. The van der Waals surface area contributed by atoms with Crippen molar-refractivity contribution in [1.29, 1.82) is 0 Å². The molecule has 2 aromatic carbocycles.